The number of amides is 3. The van der Waals surface area contributed by atoms with Gasteiger partial charge >= 0.3 is 0 Å². The van der Waals surface area contributed by atoms with Crippen LogP contribution in [0, 0.1) is 6.92 Å². The number of aryl methyl sites for hydroxylation is 1. The van der Waals surface area contributed by atoms with Crippen LogP contribution < -0.4 is 16.0 Å². The van der Waals surface area contributed by atoms with Gasteiger partial charge in [-0.2, -0.15) is 11.3 Å². The zero-order valence-corrected chi connectivity index (χ0v) is 24.3. The van der Waals surface area contributed by atoms with Crippen LogP contribution in [0.15, 0.2) is 100 Å². The highest BCUT2D eigenvalue weighted by Gasteiger charge is 2.20. The Morgan fingerprint density at radius 2 is 1.77 bits per heavy atom. The van der Waals surface area contributed by atoms with Crippen LogP contribution in [0.1, 0.15) is 34.8 Å². The fourth-order valence-corrected chi connectivity index (χ4v) is 5.54. The second-order valence-electron chi connectivity index (χ2n) is 8.88. The maximum absolute atomic E-state index is 13.3. The van der Waals surface area contributed by atoms with Gasteiger partial charge in [0.1, 0.15) is 5.70 Å². The molecule has 1 heterocycles. The molecule has 0 saturated heterocycles. The predicted molar refractivity (Wildman–Crippen MR) is 166 cm³/mol. The maximum Gasteiger partial charge on any atom is 0.272 e. The molecule has 3 aromatic carbocycles. The Balaban J connectivity index is 1.47. The van der Waals surface area contributed by atoms with Crippen molar-refractivity contribution in [1.82, 2.24) is 5.32 Å². The normalized spacial score (nSPS) is 11.9. The first kappa shape index (κ1) is 29.1. The van der Waals surface area contributed by atoms with E-state index in [1.807, 2.05) is 61.0 Å². The van der Waals surface area contributed by atoms with E-state index >= 15 is 0 Å². The summed E-state index contributed by atoms with van der Waals surface area (Å²) in [7, 11) is 0. The molecule has 9 heteroatoms. The average molecular weight is 590 g/mol. The number of halogens is 1. The van der Waals surface area contributed by atoms with Crippen LogP contribution in [0.3, 0.4) is 0 Å². The van der Waals surface area contributed by atoms with Crippen LogP contribution in [0.25, 0.3) is 6.08 Å². The van der Waals surface area contributed by atoms with Crippen LogP contribution in [0.2, 0.25) is 5.02 Å². The first-order valence-corrected chi connectivity index (χ1v) is 14.8. The Morgan fingerprint density at radius 1 is 0.975 bits per heavy atom. The number of carbonyl (C=O) groups is 3. The van der Waals surface area contributed by atoms with Gasteiger partial charge in [-0.15, -0.1) is 11.8 Å². The van der Waals surface area contributed by atoms with Crippen molar-refractivity contribution >= 4 is 69.9 Å². The Labute approximate surface area is 246 Å². The van der Waals surface area contributed by atoms with Crippen molar-refractivity contribution in [2.45, 2.75) is 30.4 Å². The molecule has 1 aromatic heterocycles. The van der Waals surface area contributed by atoms with E-state index in [9.17, 15) is 14.4 Å². The van der Waals surface area contributed by atoms with Crippen molar-refractivity contribution in [2.75, 3.05) is 10.6 Å². The topological polar surface area (TPSA) is 87.3 Å². The molecule has 4 rings (SSSR count). The van der Waals surface area contributed by atoms with Crippen LogP contribution in [0.5, 0.6) is 0 Å². The molecule has 0 aliphatic rings. The molecule has 0 aliphatic heterocycles. The van der Waals surface area contributed by atoms with E-state index in [1.165, 1.54) is 23.1 Å². The second kappa shape index (κ2) is 14.0. The van der Waals surface area contributed by atoms with Gasteiger partial charge in [-0.25, -0.2) is 0 Å². The van der Waals surface area contributed by atoms with E-state index in [-0.39, 0.29) is 22.8 Å². The molecule has 4 aromatic rings. The molecule has 0 fully saturated rings. The van der Waals surface area contributed by atoms with Crippen molar-refractivity contribution in [2.24, 2.45) is 0 Å². The van der Waals surface area contributed by atoms with Crippen molar-refractivity contribution in [1.29, 1.82) is 0 Å². The zero-order chi connectivity index (χ0) is 28.5. The number of thiophene rings is 1. The molecule has 0 aliphatic carbocycles. The largest absolute Gasteiger partial charge is 0.325 e. The maximum atomic E-state index is 13.3. The lowest BCUT2D eigenvalue weighted by Gasteiger charge is -2.17. The average Bonchev–Trinajstić information content (AvgIpc) is 3.47. The van der Waals surface area contributed by atoms with Crippen LogP contribution in [0.4, 0.5) is 11.4 Å². The van der Waals surface area contributed by atoms with E-state index in [4.69, 9.17) is 11.6 Å². The number of hydrogen-bond acceptors (Lipinski definition) is 5. The molecule has 1 unspecified atom stereocenters. The Kier molecular flexibility index (Phi) is 10.2. The van der Waals surface area contributed by atoms with Crippen LogP contribution in [-0.4, -0.2) is 23.0 Å². The third-order valence-corrected chi connectivity index (χ3v) is 8.17. The molecule has 40 heavy (non-hydrogen) atoms. The van der Waals surface area contributed by atoms with Gasteiger partial charge in [-0.05, 0) is 89.8 Å². The van der Waals surface area contributed by atoms with Crippen molar-refractivity contribution < 1.29 is 14.4 Å². The summed E-state index contributed by atoms with van der Waals surface area (Å²) < 4.78 is 0. The zero-order valence-electron chi connectivity index (χ0n) is 21.9. The van der Waals surface area contributed by atoms with E-state index < -0.39 is 5.91 Å². The fraction of sp³-hybridized carbons (Fsp3) is 0.129. The molecular weight excluding hydrogens is 562 g/mol. The first-order valence-electron chi connectivity index (χ1n) is 12.6. The third kappa shape index (κ3) is 8.08. The molecule has 0 bridgehead atoms. The van der Waals surface area contributed by atoms with Crippen LogP contribution in [-0.2, 0) is 9.59 Å². The van der Waals surface area contributed by atoms with Gasteiger partial charge in [0.15, 0.2) is 0 Å². The minimum Gasteiger partial charge on any atom is -0.325 e. The summed E-state index contributed by atoms with van der Waals surface area (Å²) in [4.78, 5) is 40.0. The molecule has 0 saturated carbocycles. The van der Waals surface area contributed by atoms with E-state index in [2.05, 4.69) is 16.0 Å². The molecule has 0 radical (unpaired) electrons. The fourth-order valence-electron chi connectivity index (χ4n) is 3.74. The second-order valence-corrected chi connectivity index (χ2v) is 11.4. The number of rotatable bonds is 10. The van der Waals surface area contributed by atoms with Gasteiger partial charge in [-0.1, -0.05) is 48.9 Å². The molecular formula is C31H28ClN3O3S2. The Hall–Kier alpha value is -3.85. The highest BCUT2D eigenvalue weighted by molar-refractivity contribution is 8.00. The first-order chi connectivity index (χ1) is 19.3. The molecule has 3 amide bonds. The van der Waals surface area contributed by atoms with Gasteiger partial charge in [0.05, 0.1) is 5.25 Å². The lowest BCUT2D eigenvalue weighted by Crippen LogP contribution is -2.30. The minimum absolute atomic E-state index is 0.119. The lowest BCUT2D eigenvalue weighted by molar-refractivity contribution is -0.116. The SMILES string of the molecule is CCC(Sc1cccc(NC(=O)/C(=C/c2ccsc2)NC(=O)c2ccccc2)c1)C(=O)Nc1cc(Cl)ccc1C. The monoisotopic (exact) mass is 589 g/mol. The summed E-state index contributed by atoms with van der Waals surface area (Å²) in [6.45, 7) is 3.86. The molecule has 6 nitrogen and oxygen atoms in total. The van der Waals surface area contributed by atoms with Crippen molar-refractivity contribution in [3.8, 4) is 0 Å². The molecule has 3 N–H and O–H groups in total. The van der Waals surface area contributed by atoms with Gasteiger partial charge < -0.3 is 16.0 Å². The predicted octanol–water partition coefficient (Wildman–Crippen LogP) is 7.63. The van der Waals surface area contributed by atoms with Gasteiger partial charge in [0.2, 0.25) is 5.91 Å². The van der Waals surface area contributed by atoms with Gasteiger partial charge in [0.25, 0.3) is 11.8 Å². The highest BCUT2D eigenvalue weighted by Crippen LogP contribution is 2.29. The summed E-state index contributed by atoms with van der Waals surface area (Å²) in [5.41, 5.74) is 3.52. The number of hydrogen-bond donors (Lipinski definition) is 3. The number of anilines is 2. The number of thioether (sulfide) groups is 1. The highest BCUT2D eigenvalue weighted by atomic mass is 35.5. The lowest BCUT2D eigenvalue weighted by atomic mass is 10.2. The summed E-state index contributed by atoms with van der Waals surface area (Å²) in [6, 6.07) is 23.2. The van der Waals surface area contributed by atoms with Gasteiger partial charge in [0, 0.05) is 26.9 Å². The van der Waals surface area contributed by atoms with Crippen molar-refractivity contribution in [3.63, 3.8) is 0 Å². The summed E-state index contributed by atoms with van der Waals surface area (Å²) in [5, 5.41) is 12.6. The number of benzene rings is 3. The Bertz CT molecular complexity index is 1520. The molecule has 204 valence electrons. The minimum atomic E-state index is -0.459. The van der Waals surface area contributed by atoms with Gasteiger partial charge in [-0.3, -0.25) is 14.4 Å². The third-order valence-electron chi connectivity index (χ3n) is 5.87. The van der Waals surface area contributed by atoms with E-state index in [1.54, 1.807) is 48.5 Å². The smallest absolute Gasteiger partial charge is 0.272 e. The summed E-state index contributed by atoms with van der Waals surface area (Å²) >= 11 is 9.01. The molecule has 0 spiro atoms. The standard InChI is InChI=1S/C31H28ClN3O3S2/c1-3-28(31(38)34-26-17-23(32)13-12-20(26)2)40-25-11-7-10-24(18-25)33-30(37)27(16-21-14-15-39-19-21)35-29(36)22-8-5-4-6-9-22/h4-19,28H,3H2,1-2H3,(H,33,37)(H,34,38)(H,35,36)/b27-16-. The quantitative estimate of drug-likeness (QED) is 0.131. The van der Waals surface area contributed by atoms with E-state index in [0.29, 0.717) is 28.4 Å². The number of nitrogens with one attached hydrogen (secondary N) is 3. The van der Waals surface area contributed by atoms with E-state index in [0.717, 1.165) is 16.0 Å². The van der Waals surface area contributed by atoms with Crippen molar-refractivity contribution in [3.05, 3.63) is 117 Å². The Morgan fingerprint density at radius 3 is 2.50 bits per heavy atom. The van der Waals surface area contributed by atoms with Crippen LogP contribution >= 0.6 is 34.7 Å². The summed E-state index contributed by atoms with van der Waals surface area (Å²) in [5.74, 6) is -0.968. The number of carbonyl (C=O) groups excluding carboxylic acids is 3. The summed E-state index contributed by atoms with van der Waals surface area (Å²) in [6.07, 6.45) is 2.24. The molecule has 1 atom stereocenters.